The molecule has 0 aromatic heterocycles. The number of rotatable bonds is 12. The highest BCUT2D eigenvalue weighted by Crippen LogP contribution is 2.44. The summed E-state index contributed by atoms with van der Waals surface area (Å²) in [6, 6.07) is 9.21. The van der Waals surface area contributed by atoms with Crippen molar-refractivity contribution >= 4 is 45.5 Å². The van der Waals surface area contributed by atoms with Gasteiger partial charge in [0.25, 0.3) is 0 Å². The summed E-state index contributed by atoms with van der Waals surface area (Å²) in [5.41, 5.74) is 1.34. The quantitative estimate of drug-likeness (QED) is 0.0611. The molecule has 1 fully saturated rings. The fraction of sp³-hybridized carbons (Fsp3) is 0.316. The number of hydrogen-bond donors (Lipinski definition) is 8. The van der Waals surface area contributed by atoms with Crippen LogP contribution in [0, 0.1) is 13.8 Å². The fourth-order valence-electron chi connectivity index (χ4n) is 6.37. The van der Waals surface area contributed by atoms with E-state index in [1.807, 2.05) is 0 Å². The number of fused-ring (bicyclic) bond motifs is 2. The van der Waals surface area contributed by atoms with Crippen LogP contribution in [0.2, 0.25) is 0 Å². The maximum atomic E-state index is 12.4. The van der Waals surface area contributed by atoms with Gasteiger partial charge in [-0.3, -0.25) is 9.59 Å². The molecule has 4 aromatic carbocycles. The van der Waals surface area contributed by atoms with E-state index in [4.69, 9.17) is 0 Å². The molecule has 0 radical (unpaired) electrons. The van der Waals surface area contributed by atoms with Crippen LogP contribution in [0.15, 0.2) is 48.6 Å². The van der Waals surface area contributed by atoms with E-state index >= 15 is 0 Å². The van der Waals surface area contributed by atoms with Crippen molar-refractivity contribution in [3.05, 3.63) is 70.8 Å². The molecule has 0 unspecified atom stereocenters. The second-order valence-corrected chi connectivity index (χ2v) is 12.5. The van der Waals surface area contributed by atoms with Gasteiger partial charge in [-0.1, -0.05) is 24.3 Å². The molecule has 0 atom stereocenters. The molecular weight excluding hydrogens is 640 g/mol. The predicted molar refractivity (Wildman–Crippen MR) is 194 cm³/mol. The van der Waals surface area contributed by atoms with E-state index < -0.39 is 0 Å². The average Bonchev–Trinajstić information content (AvgIpc) is 3.10. The highest BCUT2D eigenvalue weighted by molar-refractivity contribution is 6.03. The molecule has 8 N–H and O–H groups in total. The van der Waals surface area contributed by atoms with Gasteiger partial charge in [0, 0.05) is 84.4 Å². The van der Waals surface area contributed by atoms with E-state index in [2.05, 4.69) is 20.4 Å². The first-order chi connectivity index (χ1) is 24.0. The maximum absolute atomic E-state index is 12.4. The third kappa shape index (κ3) is 7.88. The Labute approximate surface area is 290 Å². The molecule has 5 rings (SSSR count). The number of nitrogens with zero attached hydrogens (tertiary/aromatic N) is 2. The smallest absolute Gasteiger partial charge is 0.244 e. The van der Waals surface area contributed by atoms with E-state index in [-0.39, 0.29) is 68.2 Å². The van der Waals surface area contributed by atoms with Crippen LogP contribution in [0.25, 0.3) is 33.7 Å². The van der Waals surface area contributed by atoms with Crippen molar-refractivity contribution in [1.29, 1.82) is 0 Å². The van der Waals surface area contributed by atoms with Crippen LogP contribution in [-0.2, 0) is 9.59 Å². The lowest BCUT2D eigenvalue weighted by atomic mass is 9.97. The molecular formula is C38H44N4O8. The second-order valence-electron chi connectivity index (χ2n) is 12.5. The van der Waals surface area contributed by atoms with Crippen molar-refractivity contribution in [3.8, 4) is 34.5 Å². The van der Waals surface area contributed by atoms with E-state index in [0.29, 0.717) is 35.0 Å². The molecule has 0 saturated carbocycles. The number of piperazine rings is 1. The number of carbonyl (C=O) groups is 2. The number of phenols is 6. The molecule has 1 aliphatic rings. The second kappa shape index (κ2) is 15.8. The van der Waals surface area contributed by atoms with E-state index in [9.17, 15) is 40.2 Å². The Morgan fingerprint density at radius 2 is 1.00 bits per heavy atom. The number of carbonyl (C=O) groups excluding carboxylic acids is 2. The summed E-state index contributed by atoms with van der Waals surface area (Å²) in [6.07, 6.45) is 7.02. The SMILES string of the molecule is Cc1c(/C=C/C(=O)NCCCN2CCN(CCCNC(=O)/C=C/c3c(C)c(O)c4cccc(O)c4c3O)CC2)c(O)c2c(O)cccc2c1O. The summed E-state index contributed by atoms with van der Waals surface area (Å²) in [5, 5.41) is 69.5. The van der Waals surface area contributed by atoms with Crippen molar-refractivity contribution in [3.63, 3.8) is 0 Å². The molecule has 12 heteroatoms. The van der Waals surface area contributed by atoms with E-state index in [1.165, 1.54) is 36.4 Å². The minimum atomic E-state index is -0.324. The van der Waals surface area contributed by atoms with Crippen molar-refractivity contribution in [2.24, 2.45) is 0 Å². The molecule has 0 spiro atoms. The van der Waals surface area contributed by atoms with Gasteiger partial charge in [-0.05, 0) is 64.1 Å². The molecule has 0 bridgehead atoms. The van der Waals surface area contributed by atoms with Crippen LogP contribution in [0.3, 0.4) is 0 Å². The van der Waals surface area contributed by atoms with Crippen molar-refractivity contribution < 1.29 is 40.2 Å². The minimum absolute atomic E-state index is 0.0638. The van der Waals surface area contributed by atoms with Crippen molar-refractivity contribution in [2.45, 2.75) is 26.7 Å². The first kappa shape index (κ1) is 35.8. The summed E-state index contributed by atoms with van der Waals surface area (Å²) < 4.78 is 0. The van der Waals surface area contributed by atoms with Gasteiger partial charge < -0.3 is 51.1 Å². The monoisotopic (exact) mass is 684 g/mol. The van der Waals surface area contributed by atoms with Crippen molar-refractivity contribution in [2.75, 3.05) is 52.4 Å². The van der Waals surface area contributed by atoms with E-state index in [0.717, 1.165) is 52.1 Å². The minimum Gasteiger partial charge on any atom is -0.507 e. The van der Waals surface area contributed by atoms with Crippen molar-refractivity contribution in [1.82, 2.24) is 20.4 Å². The normalized spacial score (nSPS) is 14.3. The highest BCUT2D eigenvalue weighted by atomic mass is 16.3. The third-order valence-electron chi connectivity index (χ3n) is 9.27. The lowest BCUT2D eigenvalue weighted by Gasteiger charge is -2.34. The highest BCUT2D eigenvalue weighted by Gasteiger charge is 2.19. The molecule has 264 valence electrons. The number of phenolic OH excluding ortho intramolecular Hbond substituents is 6. The number of hydrogen-bond acceptors (Lipinski definition) is 10. The van der Waals surface area contributed by atoms with Crippen LogP contribution in [0.4, 0.5) is 0 Å². The van der Waals surface area contributed by atoms with Gasteiger partial charge >= 0.3 is 0 Å². The summed E-state index contributed by atoms with van der Waals surface area (Å²) in [6.45, 7) is 9.51. The maximum Gasteiger partial charge on any atom is 0.244 e. The molecule has 1 heterocycles. The van der Waals surface area contributed by atoms with E-state index in [1.54, 1.807) is 38.1 Å². The van der Waals surface area contributed by atoms with Crippen LogP contribution < -0.4 is 10.6 Å². The molecule has 0 aliphatic carbocycles. The summed E-state index contributed by atoms with van der Waals surface area (Å²) in [4.78, 5) is 29.6. The van der Waals surface area contributed by atoms with Gasteiger partial charge in [-0.15, -0.1) is 0 Å². The Balaban J connectivity index is 0.982. The lowest BCUT2D eigenvalue weighted by molar-refractivity contribution is -0.117. The Morgan fingerprint density at radius 1 is 0.620 bits per heavy atom. The summed E-state index contributed by atoms with van der Waals surface area (Å²) in [5.74, 6) is -1.50. The van der Waals surface area contributed by atoms with Gasteiger partial charge in [0.05, 0.1) is 10.8 Å². The van der Waals surface area contributed by atoms with Crippen LogP contribution in [0.5, 0.6) is 34.5 Å². The number of aromatic hydroxyl groups is 6. The first-order valence-electron chi connectivity index (χ1n) is 16.7. The van der Waals surface area contributed by atoms with Gasteiger partial charge in [0.15, 0.2) is 0 Å². The zero-order valence-electron chi connectivity index (χ0n) is 28.2. The molecule has 2 amide bonds. The number of benzene rings is 4. The summed E-state index contributed by atoms with van der Waals surface area (Å²) in [7, 11) is 0. The van der Waals surface area contributed by atoms with Gasteiger partial charge in [0.2, 0.25) is 11.8 Å². The molecule has 4 aromatic rings. The topological polar surface area (TPSA) is 186 Å². The van der Waals surface area contributed by atoms with Gasteiger partial charge in [-0.25, -0.2) is 0 Å². The predicted octanol–water partition coefficient (Wildman–Crippen LogP) is 4.20. The zero-order chi connectivity index (χ0) is 35.9. The lowest BCUT2D eigenvalue weighted by Crippen LogP contribution is -2.47. The Kier molecular flexibility index (Phi) is 11.3. The van der Waals surface area contributed by atoms with Crippen LogP contribution in [0.1, 0.15) is 35.1 Å². The largest absolute Gasteiger partial charge is 0.507 e. The summed E-state index contributed by atoms with van der Waals surface area (Å²) >= 11 is 0. The Bertz CT molecular complexity index is 1820. The van der Waals surface area contributed by atoms with Gasteiger partial charge in [-0.2, -0.15) is 0 Å². The molecule has 12 nitrogen and oxygen atoms in total. The third-order valence-corrected chi connectivity index (χ3v) is 9.27. The molecule has 1 aliphatic heterocycles. The first-order valence-corrected chi connectivity index (χ1v) is 16.7. The molecule has 50 heavy (non-hydrogen) atoms. The Morgan fingerprint density at radius 3 is 1.38 bits per heavy atom. The standard InChI is InChI=1S/C38H44N4O8/c1-23-25(37(49)33-27(35(23)47)7-3-9-29(33)43)11-13-31(45)39-15-5-17-41-19-21-42(22-20-41)18-6-16-40-32(46)14-12-26-24(2)36(48)28-8-4-10-30(44)34(28)38(26)50/h3-4,7-14,43-44,47-50H,5-6,15-22H2,1-2H3,(H,39,45)(H,40,46)/b13-11+,14-12+. The number of nitrogens with one attached hydrogen (secondary N) is 2. The average molecular weight is 685 g/mol. The number of amides is 2. The van der Waals surface area contributed by atoms with Gasteiger partial charge in [0.1, 0.15) is 34.5 Å². The fourth-order valence-corrected chi connectivity index (χ4v) is 6.37. The van der Waals surface area contributed by atoms with Crippen LogP contribution in [-0.4, -0.2) is 105 Å². The Hall–Kier alpha value is -5.46. The van der Waals surface area contributed by atoms with Crippen LogP contribution >= 0.6 is 0 Å². The zero-order valence-corrected chi connectivity index (χ0v) is 28.2. The molecule has 1 saturated heterocycles.